The second-order valence-electron chi connectivity index (χ2n) is 7.60. The number of anilines is 1. The minimum absolute atomic E-state index is 0.182. The van der Waals surface area contributed by atoms with Crippen molar-refractivity contribution in [3.63, 3.8) is 0 Å². The Morgan fingerprint density at radius 3 is 2.45 bits per heavy atom. The molecule has 0 aliphatic heterocycles. The van der Waals surface area contributed by atoms with E-state index in [1.54, 1.807) is 12.4 Å². The fourth-order valence-electron chi connectivity index (χ4n) is 3.00. The van der Waals surface area contributed by atoms with Gasteiger partial charge < -0.3 is 4.90 Å². The highest BCUT2D eigenvalue weighted by Crippen LogP contribution is 2.32. The molecule has 3 heterocycles. The maximum atomic E-state index is 4.67. The van der Waals surface area contributed by atoms with Crippen molar-refractivity contribution in [2.75, 3.05) is 19.0 Å². The normalized spacial score (nSPS) is 11.2. The lowest BCUT2D eigenvalue weighted by Gasteiger charge is -2.15. The van der Waals surface area contributed by atoms with Crippen molar-refractivity contribution in [1.29, 1.82) is 0 Å². The monoisotopic (exact) mass is 432 g/mol. The van der Waals surface area contributed by atoms with Gasteiger partial charge in [0.05, 0.1) is 5.69 Å². The third kappa shape index (κ3) is 4.41. The summed E-state index contributed by atoms with van der Waals surface area (Å²) in [5.41, 5.74) is 3.00. The first-order valence-corrected chi connectivity index (χ1v) is 10.8. The van der Waals surface area contributed by atoms with E-state index in [1.807, 2.05) is 47.8 Å². The molecule has 4 aromatic rings. The quantitative estimate of drug-likeness (QED) is 0.449. The largest absolute Gasteiger partial charge is 0.347 e. The summed E-state index contributed by atoms with van der Waals surface area (Å²) in [4.78, 5) is 20.0. The van der Waals surface area contributed by atoms with Crippen LogP contribution in [0.5, 0.6) is 0 Å². The Morgan fingerprint density at radius 1 is 0.968 bits per heavy atom. The van der Waals surface area contributed by atoms with E-state index in [0.29, 0.717) is 16.3 Å². The lowest BCUT2D eigenvalue weighted by molar-refractivity contribution is 0.714. The van der Waals surface area contributed by atoms with E-state index in [4.69, 9.17) is 0 Å². The van der Waals surface area contributed by atoms with Gasteiger partial charge in [-0.25, -0.2) is 4.98 Å². The van der Waals surface area contributed by atoms with Crippen LogP contribution < -0.4 is 4.90 Å². The highest BCUT2D eigenvalue weighted by molar-refractivity contribution is 7.99. The number of rotatable bonds is 6. The van der Waals surface area contributed by atoms with Crippen LogP contribution >= 0.6 is 11.8 Å². The zero-order valence-electron chi connectivity index (χ0n) is 18.2. The van der Waals surface area contributed by atoms with Gasteiger partial charge in [-0.1, -0.05) is 32.0 Å². The van der Waals surface area contributed by atoms with E-state index in [0.717, 1.165) is 28.5 Å². The van der Waals surface area contributed by atoms with Gasteiger partial charge in [0.15, 0.2) is 5.82 Å². The summed E-state index contributed by atoms with van der Waals surface area (Å²) < 4.78 is 2.03. The number of aromatic nitrogens is 7. The first-order chi connectivity index (χ1) is 14.9. The van der Waals surface area contributed by atoms with Crippen molar-refractivity contribution < 1.29 is 0 Å². The molecule has 1 aromatic carbocycles. The average molecular weight is 433 g/mol. The van der Waals surface area contributed by atoms with Gasteiger partial charge in [-0.15, -0.1) is 10.2 Å². The number of hydrogen-bond donors (Lipinski definition) is 0. The standard InChI is InChI=1S/C22H24N8S/c1-14(2)18-24-20(29(4)5)26-21(25-18)31-22-28-27-19(16-10-8-12-23-13-16)30(22)17-11-7-6-9-15(17)3/h6-14H,1-5H3. The highest BCUT2D eigenvalue weighted by Gasteiger charge is 2.20. The zero-order valence-corrected chi connectivity index (χ0v) is 19.0. The topological polar surface area (TPSA) is 85.5 Å². The molecule has 0 atom stereocenters. The molecule has 3 aromatic heterocycles. The summed E-state index contributed by atoms with van der Waals surface area (Å²) in [5, 5.41) is 10.2. The summed E-state index contributed by atoms with van der Waals surface area (Å²) in [6.45, 7) is 6.21. The fourth-order valence-corrected chi connectivity index (χ4v) is 3.78. The van der Waals surface area contributed by atoms with Crippen molar-refractivity contribution in [2.24, 2.45) is 0 Å². The summed E-state index contributed by atoms with van der Waals surface area (Å²) in [6, 6.07) is 12.0. The number of pyridine rings is 1. The molecule has 0 bridgehead atoms. The van der Waals surface area contributed by atoms with Gasteiger partial charge in [-0.05, 0) is 42.4 Å². The van der Waals surface area contributed by atoms with E-state index in [2.05, 4.69) is 63.0 Å². The minimum Gasteiger partial charge on any atom is -0.347 e. The third-order valence-electron chi connectivity index (χ3n) is 4.63. The van der Waals surface area contributed by atoms with Crippen LogP contribution in [0, 0.1) is 6.92 Å². The van der Waals surface area contributed by atoms with Crippen LogP contribution in [0.2, 0.25) is 0 Å². The zero-order chi connectivity index (χ0) is 22.0. The van der Waals surface area contributed by atoms with Gasteiger partial charge in [0.25, 0.3) is 0 Å². The smallest absolute Gasteiger partial charge is 0.229 e. The van der Waals surface area contributed by atoms with Crippen molar-refractivity contribution in [3.8, 4) is 17.1 Å². The highest BCUT2D eigenvalue weighted by atomic mass is 32.2. The minimum atomic E-state index is 0.182. The van der Waals surface area contributed by atoms with Crippen LogP contribution in [0.3, 0.4) is 0 Å². The van der Waals surface area contributed by atoms with Gasteiger partial charge in [-0.3, -0.25) is 9.55 Å². The molecule has 0 spiro atoms. The molecular formula is C22H24N8S. The Hall–Kier alpha value is -3.33. The van der Waals surface area contributed by atoms with E-state index >= 15 is 0 Å². The van der Waals surface area contributed by atoms with Gasteiger partial charge in [-0.2, -0.15) is 9.97 Å². The summed E-state index contributed by atoms with van der Waals surface area (Å²) in [5.74, 6) is 2.27. The Kier molecular flexibility index (Phi) is 5.94. The maximum Gasteiger partial charge on any atom is 0.229 e. The van der Waals surface area contributed by atoms with Gasteiger partial charge >= 0.3 is 0 Å². The third-order valence-corrected chi connectivity index (χ3v) is 5.44. The molecule has 0 fully saturated rings. The molecule has 0 saturated heterocycles. The number of nitrogens with zero attached hydrogens (tertiary/aromatic N) is 8. The van der Waals surface area contributed by atoms with E-state index < -0.39 is 0 Å². The van der Waals surface area contributed by atoms with E-state index in [9.17, 15) is 0 Å². The summed E-state index contributed by atoms with van der Waals surface area (Å²) in [6.07, 6.45) is 3.53. The average Bonchev–Trinajstić information content (AvgIpc) is 3.17. The van der Waals surface area contributed by atoms with Crippen molar-refractivity contribution >= 4 is 17.7 Å². The first-order valence-electron chi connectivity index (χ1n) is 9.97. The molecule has 9 heteroatoms. The molecule has 0 radical (unpaired) electrons. The summed E-state index contributed by atoms with van der Waals surface area (Å²) in [7, 11) is 3.84. The van der Waals surface area contributed by atoms with Crippen LogP contribution in [0.25, 0.3) is 17.1 Å². The molecule has 31 heavy (non-hydrogen) atoms. The molecule has 0 aliphatic carbocycles. The second-order valence-corrected chi connectivity index (χ2v) is 8.53. The molecule has 158 valence electrons. The van der Waals surface area contributed by atoms with Crippen LogP contribution in [0.4, 0.5) is 5.95 Å². The molecule has 8 nitrogen and oxygen atoms in total. The van der Waals surface area contributed by atoms with Crippen LogP contribution in [-0.4, -0.2) is 48.8 Å². The number of hydrogen-bond acceptors (Lipinski definition) is 8. The Labute approximate surface area is 185 Å². The molecule has 0 N–H and O–H groups in total. The number of aryl methyl sites for hydroxylation is 1. The number of benzene rings is 1. The van der Waals surface area contributed by atoms with E-state index in [1.165, 1.54) is 11.8 Å². The predicted molar refractivity (Wildman–Crippen MR) is 122 cm³/mol. The lowest BCUT2D eigenvalue weighted by atomic mass is 10.2. The Balaban J connectivity index is 1.85. The van der Waals surface area contributed by atoms with Gasteiger partial charge in [0.2, 0.25) is 16.3 Å². The summed E-state index contributed by atoms with van der Waals surface area (Å²) >= 11 is 1.38. The Bertz CT molecular complexity index is 1160. The van der Waals surface area contributed by atoms with Crippen LogP contribution in [-0.2, 0) is 0 Å². The molecular weight excluding hydrogens is 408 g/mol. The van der Waals surface area contributed by atoms with E-state index in [-0.39, 0.29) is 5.92 Å². The molecule has 0 aliphatic rings. The van der Waals surface area contributed by atoms with Crippen LogP contribution in [0.15, 0.2) is 59.1 Å². The molecule has 0 amide bonds. The van der Waals surface area contributed by atoms with Crippen molar-refractivity contribution in [2.45, 2.75) is 37.0 Å². The van der Waals surface area contributed by atoms with Crippen molar-refractivity contribution in [3.05, 3.63) is 60.2 Å². The lowest BCUT2D eigenvalue weighted by Crippen LogP contribution is -2.16. The van der Waals surface area contributed by atoms with Gasteiger partial charge in [0.1, 0.15) is 5.82 Å². The maximum absolute atomic E-state index is 4.67. The molecule has 0 unspecified atom stereocenters. The molecule has 4 rings (SSSR count). The van der Waals surface area contributed by atoms with Crippen LogP contribution in [0.1, 0.15) is 31.2 Å². The second kappa shape index (κ2) is 8.81. The number of para-hydroxylation sites is 1. The molecule has 0 saturated carbocycles. The fraction of sp³-hybridized carbons (Fsp3) is 0.273. The van der Waals surface area contributed by atoms with Crippen molar-refractivity contribution in [1.82, 2.24) is 34.7 Å². The SMILES string of the molecule is Cc1ccccc1-n1c(Sc2nc(C(C)C)nc(N(C)C)n2)nnc1-c1cccnc1. The first kappa shape index (κ1) is 20.9. The predicted octanol–water partition coefficient (Wildman–Crippen LogP) is 4.16. The van der Waals surface area contributed by atoms with Gasteiger partial charge in [0, 0.05) is 38.0 Å². The Morgan fingerprint density at radius 2 is 1.77 bits per heavy atom.